The van der Waals surface area contributed by atoms with Crippen molar-refractivity contribution in [1.29, 1.82) is 0 Å². The number of ether oxygens (including phenoxy) is 1. The van der Waals surface area contributed by atoms with E-state index in [2.05, 4.69) is 4.90 Å². The molecule has 1 fully saturated rings. The first kappa shape index (κ1) is 12.4. The molecular formula is C15H18N2O2. The molecule has 0 radical (unpaired) electrons. The van der Waals surface area contributed by atoms with Crippen LogP contribution in [0.3, 0.4) is 0 Å². The molecule has 1 aliphatic rings. The number of aliphatic hydroxyl groups excluding tert-OH is 1. The minimum Gasteiger partial charge on any atom is -0.392 e. The molecule has 100 valence electrons. The summed E-state index contributed by atoms with van der Waals surface area (Å²) in [4.78, 5) is 6.92. The Morgan fingerprint density at radius 3 is 3.00 bits per heavy atom. The van der Waals surface area contributed by atoms with Gasteiger partial charge in [-0.15, -0.1) is 0 Å². The molecule has 0 aliphatic carbocycles. The number of methoxy groups -OCH3 is 1. The highest BCUT2D eigenvalue weighted by atomic mass is 16.5. The highest BCUT2D eigenvalue weighted by Crippen LogP contribution is 2.26. The van der Waals surface area contributed by atoms with Crippen LogP contribution in [0.15, 0.2) is 30.3 Å². The number of hydrogen-bond acceptors (Lipinski definition) is 4. The van der Waals surface area contributed by atoms with E-state index in [-0.39, 0.29) is 12.7 Å². The number of aliphatic hydroxyl groups is 1. The van der Waals surface area contributed by atoms with E-state index >= 15 is 0 Å². The molecular weight excluding hydrogens is 240 g/mol. The fraction of sp³-hybridized carbons (Fsp3) is 0.400. The number of anilines is 1. The Morgan fingerprint density at radius 1 is 1.42 bits per heavy atom. The largest absolute Gasteiger partial charge is 0.392 e. The van der Waals surface area contributed by atoms with E-state index in [0.29, 0.717) is 0 Å². The van der Waals surface area contributed by atoms with E-state index in [4.69, 9.17) is 9.72 Å². The topological polar surface area (TPSA) is 45.6 Å². The summed E-state index contributed by atoms with van der Waals surface area (Å²) in [6.07, 6.45) is 1.31. The van der Waals surface area contributed by atoms with Crippen LogP contribution < -0.4 is 4.90 Å². The number of para-hydroxylation sites is 1. The van der Waals surface area contributed by atoms with E-state index in [0.717, 1.165) is 41.8 Å². The van der Waals surface area contributed by atoms with Crippen molar-refractivity contribution in [2.45, 2.75) is 19.1 Å². The SMILES string of the molecule is COC1CCN(c2cc(CO)c3ccccc3n2)C1. The van der Waals surface area contributed by atoms with Crippen molar-refractivity contribution >= 4 is 16.7 Å². The third-order valence-electron chi connectivity index (χ3n) is 3.76. The van der Waals surface area contributed by atoms with E-state index in [9.17, 15) is 5.11 Å². The van der Waals surface area contributed by atoms with Crippen molar-refractivity contribution in [2.75, 3.05) is 25.1 Å². The van der Waals surface area contributed by atoms with E-state index in [1.807, 2.05) is 30.3 Å². The lowest BCUT2D eigenvalue weighted by atomic mass is 10.1. The van der Waals surface area contributed by atoms with Gasteiger partial charge >= 0.3 is 0 Å². The van der Waals surface area contributed by atoms with Gasteiger partial charge in [0.25, 0.3) is 0 Å². The molecule has 3 rings (SSSR count). The normalized spacial score (nSPS) is 19.3. The Bertz CT molecular complexity index is 585. The van der Waals surface area contributed by atoms with Crippen molar-refractivity contribution < 1.29 is 9.84 Å². The molecule has 1 atom stereocenters. The third kappa shape index (κ3) is 2.29. The molecule has 0 spiro atoms. The fourth-order valence-electron chi connectivity index (χ4n) is 2.65. The van der Waals surface area contributed by atoms with E-state index in [1.165, 1.54) is 0 Å². The lowest BCUT2D eigenvalue weighted by molar-refractivity contribution is 0.121. The smallest absolute Gasteiger partial charge is 0.129 e. The zero-order chi connectivity index (χ0) is 13.2. The minimum absolute atomic E-state index is 0.0393. The summed E-state index contributed by atoms with van der Waals surface area (Å²) in [6.45, 7) is 1.86. The molecule has 1 aromatic heterocycles. The van der Waals surface area contributed by atoms with Gasteiger partial charge in [-0.3, -0.25) is 0 Å². The maximum absolute atomic E-state index is 9.53. The Morgan fingerprint density at radius 2 is 2.26 bits per heavy atom. The van der Waals surface area contributed by atoms with Crippen LogP contribution in [0.4, 0.5) is 5.82 Å². The average molecular weight is 258 g/mol. The Kier molecular flexibility index (Phi) is 3.36. The zero-order valence-corrected chi connectivity index (χ0v) is 11.0. The van der Waals surface area contributed by atoms with E-state index in [1.54, 1.807) is 7.11 Å². The van der Waals surface area contributed by atoms with Crippen LogP contribution in [0.5, 0.6) is 0 Å². The Hall–Kier alpha value is -1.65. The first-order chi connectivity index (χ1) is 9.31. The van der Waals surface area contributed by atoms with Crippen molar-refractivity contribution in [3.8, 4) is 0 Å². The summed E-state index contributed by atoms with van der Waals surface area (Å²) in [5, 5.41) is 10.6. The van der Waals surface area contributed by atoms with Crippen molar-refractivity contribution in [1.82, 2.24) is 4.98 Å². The predicted octanol–water partition coefficient (Wildman–Crippen LogP) is 1.95. The van der Waals surface area contributed by atoms with Crippen molar-refractivity contribution in [3.63, 3.8) is 0 Å². The molecule has 4 nitrogen and oxygen atoms in total. The number of pyridine rings is 1. The van der Waals surface area contributed by atoms with Gasteiger partial charge < -0.3 is 14.7 Å². The van der Waals surface area contributed by atoms with Crippen LogP contribution in [0.2, 0.25) is 0 Å². The molecule has 2 aromatic rings. The molecule has 1 aromatic carbocycles. The monoisotopic (exact) mass is 258 g/mol. The summed E-state index contributed by atoms with van der Waals surface area (Å²) in [5.41, 5.74) is 1.87. The molecule has 2 heterocycles. The van der Waals surface area contributed by atoms with Crippen molar-refractivity contribution in [3.05, 3.63) is 35.9 Å². The summed E-state index contributed by atoms with van der Waals surface area (Å²) in [5.74, 6) is 0.933. The van der Waals surface area contributed by atoms with Crippen LogP contribution in [0, 0.1) is 0 Å². The second-order valence-corrected chi connectivity index (χ2v) is 4.91. The number of nitrogens with zero attached hydrogens (tertiary/aromatic N) is 2. The van der Waals surface area contributed by atoms with Crippen molar-refractivity contribution in [2.24, 2.45) is 0 Å². The van der Waals surface area contributed by atoms with Gasteiger partial charge in [0.15, 0.2) is 0 Å². The predicted molar refractivity (Wildman–Crippen MR) is 75.3 cm³/mol. The van der Waals surface area contributed by atoms with Gasteiger partial charge in [0.2, 0.25) is 0 Å². The number of aromatic nitrogens is 1. The lowest BCUT2D eigenvalue weighted by Gasteiger charge is -2.19. The average Bonchev–Trinajstić information content (AvgIpc) is 2.95. The van der Waals surface area contributed by atoms with Crippen LogP contribution in [-0.4, -0.2) is 36.4 Å². The summed E-state index contributed by atoms with van der Waals surface area (Å²) >= 11 is 0. The molecule has 4 heteroatoms. The molecule has 0 amide bonds. The quantitative estimate of drug-likeness (QED) is 0.914. The summed E-state index contributed by atoms with van der Waals surface area (Å²) in [6, 6.07) is 9.92. The highest BCUT2D eigenvalue weighted by molar-refractivity contribution is 5.84. The van der Waals surface area contributed by atoms with Gasteiger partial charge in [0.1, 0.15) is 5.82 Å². The van der Waals surface area contributed by atoms with Crippen LogP contribution in [-0.2, 0) is 11.3 Å². The van der Waals surface area contributed by atoms with Gasteiger partial charge in [-0.1, -0.05) is 18.2 Å². The number of hydrogen-bond donors (Lipinski definition) is 1. The van der Waals surface area contributed by atoms with Gasteiger partial charge in [-0.2, -0.15) is 0 Å². The highest BCUT2D eigenvalue weighted by Gasteiger charge is 2.23. The van der Waals surface area contributed by atoms with Gasteiger partial charge in [-0.25, -0.2) is 4.98 Å². The standard InChI is InChI=1S/C15H18N2O2/c1-19-12-6-7-17(9-12)15-8-11(10-18)13-4-2-3-5-14(13)16-15/h2-5,8,12,18H,6-7,9-10H2,1H3. The molecule has 1 saturated heterocycles. The molecule has 19 heavy (non-hydrogen) atoms. The zero-order valence-electron chi connectivity index (χ0n) is 11.0. The van der Waals surface area contributed by atoms with Gasteiger partial charge in [0, 0.05) is 25.6 Å². The maximum atomic E-state index is 9.53. The Balaban J connectivity index is 2.00. The first-order valence-electron chi connectivity index (χ1n) is 6.59. The van der Waals surface area contributed by atoms with Gasteiger partial charge in [-0.05, 0) is 24.1 Å². The lowest BCUT2D eigenvalue weighted by Crippen LogP contribution is -2.23. The molecule has 1 aliphatic heterocycles. The second kappa shape index (κ2) is 5.15. The fourth-order valence-corrected chi connectivity index (χ4v) is 2.65. The van der Waals surface area contributed by atoms with Crippen LogP contribution in [0.1, 0.15) is 12.0 Å². The number of rotatable bonds is 3. The molecule has 1 N–H and O–H groups in total. The first-order valence-corrected chi connectivity index (χ1v) is 6.59. The number of benzene rings is 1. The molecule has 0 saturated carbocycles. The maximum Gasteiger partial charge on any atom is 0.129 e. The second-order valence-electron chi connectivity index (χ2n) is 4.91. The molecule has 1 unspecified atom stereocenters. The minimum atomic E-state index is 0.0393. The van der Waals surface area contributed by atoms with E-state index < -0.39 is 0 Å². The van der Waals surface area contributed by atoms with Crippen LogP contribution in [0.25, 0.3) is 10.9 Å². The summed E-state index contributed by atoms with van der Waals surface area (Å²) in [7, 11) is 1.75. The molecule has 0 bridgehead atoms. The summed E-state index contributed by atoms with van der Waals surface area (Å²) < 4.78 is 5.39. The van der Waals surface area contributed by atoms with Gasteiger partial charge in [0.05, 0.1) is 18.2 Å². The third-order valence-corrected chi connectivity index (χ3v) is 3.76. The Labute approximate surface area is 112 Å². The number of fused-ring (bicyclic) bond motifs is 1. The van der Waals surface area contributed by atoms with Crippen LogP contribution >= 0.6 is 0 Å².